The molecular formula is C33H33N3O8. The molecule has 4 atom stereocenters. The van der Waals surface area contributed by atoms with Crippen LogP contribution in [0, 0.1) is 11.8 Å². The van der Waals surface area contributed by atoms with Gasteiger partial charge in [0.2, 0.25) is 5.78 Å². The number of fused-ring (bicyclic) bond motifs is 3. The molecule has 0 radical (unpaired) electrons. The van der Waals surface area contributed by atoms with Crippen LogP contribution in [-0.4, -0.2) is 68.5 Å². The number of hydrogen-bond acceptors (Lipinski definition) is 10. The van der Waals surface area contributed by atoms with Crippen LogP contribution in [0.25, 0.3) is 17.1 Å². The summed E-state index contributed by atoms with van der Waals surface area (Å²) in [5.74, 6) is -5.71. The molecule has 1 heterocycles. The number of hydrogen-bond donors (Lipinski definition) is 6. The van der Waals surface area contributed by atoms with Crippen molar-refractivity contribution in [3.63, 3.8) is 0 Å². The lowest BCUT2D eigenvalue weighted by atomic mass is 9.57. The van der Waals surface area contributed by atoms with Gasteiger partial charge in [-0.2, -0.15) is 0 Å². The molecule has 1 fully saturated rings. The van der Waals surface area contributed by atoms with E-state index in [4.69, 9.17) is 10.2 Å². The van der Waals surface area contributed by atoms with Gasteiger partial charge >= 0.3 is 0 Å². The Morgan fingerprint density at radius 2 is 1.77 bits per heavy atom. The Balaban J connectivity index is 1.38. The largest absolute Gasteiger partial charge is 0.508 e. The first kappa shape index (κ1) is 29.4. The summed E-state index contributed by atoms with van der Waals surface area (Å²) in [4.78, 5) is 40.9. The third-order valence-electron chi connectivity index (χ3n) is 9.00. The molecule has 11 heteroatoms. The highest BCUT2D eigenvalue weighted by atomic mass is 16.4. The maximum absolute atomic E-state index is 14.0. The Kier molecular flexibility index (Phi) is 7.19. The second kappa shape index (κ2) is 10.8. The minimum Gasteiger partial charge on any atom is -0.508 e. The van der Waals surface area contributed by atoms with Crippen molar-refractivity contribution in [2.75, 3.05) is 14.1 Å². The number of primary amides is 1. The molecule has 3 aromatic rings. The second-order valence-electron chi connectivity index (χ2n) is 11.8. The number of phenols is 1. The van der Waals surface area contributed by atoms with Crippen molar-refractivity contribution in [2.45, 2.75) is 37.6 Å². The summed E-state index contributed by atoms with van der Waals surface area (Å²) in [6.07, 6.45) is 0.175. The van der Waals surface area contributed by atoms with Crippen LogP contribution in [0.15, 0.2) is 75.9 Å². The molecule has 3 aliphatic carbocycles. The van der Waals surface area contributed by atoms with E-state index in [1.807, 2.05) is 36.4 Å². The van der Waals surface area contributed by atoms with Crippen LogP contribution in [0.4, 0.5) is 0 Å². The van der Waals surface area contributed by atoms with E-state index in [2.05, 4.69) is 5.32 Å². The Hall–Kier alpha value is -4.71. The summed E-state index contributed by atoms with van der Waals surface area (Å²) >= 11 is 0. The molecule has 1 saturated carbocycles. The number of likely N-dealkylation sites (N-methyl/N-ethyl adjacent to an activating group) is 1. The zero-order valence-electron chi connectivity index (χ0n) is 24.2. The van der Waals surface area contributed by atoms with E-state index in [1.54, 1.807) is 26.2 Å². The number of amides is 1. The highest BCUT2D eigenvalue weighted by Gasteiger charge is 2.64. The number of furan rings is 1. The number of Topliss-reactive ketones (excluding diaryl/α,β-unsaturated/α-hetero) is 2. The Bertz CT molecular complexity index is 1760. The molecule has 0 aliphatic heterocycles. The second-order valence-corrected chi connectivity index (χ2v) is 11.8. The van der Waals surface area contributed by atoms with Crippen molar-refractivity contribution >= 4 is 23.2 Å². The van der Waals surface area contributed by atoms with Gasteiger partial charge in [-0.05, 0) is 68.2 Å². The molecule has 0 spiro atoms. The molecular weight excluding hydrogens is 566 g/mol. The third-order valence-corrected chi connectivity index (χ3v) is 9.00. The lowest BCUT2D eigenvalue weighted by Gasteiger charge is -2.50. The average molecular weight is 600 g/mol. The van der Waals surface area contributed by atoms with Crippen LogP contribution < -0.4 is 11.1 Å². The number of aliphatic hydroxyl groups is 3. The summed E-state index contributed by atoms with van der Waals surface area (Å²) in [7, 11) is 3.12. The Morgan fingerprint density at radius 1 is 1.05 bits per heavy atom. The zero-order valence-corrected chi connectivity index (χ0v) is 24.2. The number of nitrogens with two attached hydrogens (primary N) is 1. The smallest absolute Gasteiger partial charge is 0.255 e. The number of nitrogens with zero attached hydrogens (tertiary/aromatic N) is 1. The van der Waals surface area contributed by atoms with Crippen molar-refractivity contribution in [2.24, 2.45) is 17.6 Å². The number of carbonyl (C=O) groups is 3. The summed E-state index contributed by atoms with van der Waals surface area (Å²) in [5, 5.41) is 48.4. The summed E-state index contributed by atoms with van der Waals surface area (Å²) in [5.41, 5.74) is 3.94. The maximum Gasteiger partial charge on any atom is 0.255 e. The van der Waals surface area contributed by atoms with Gasteiger partial charge in [0.1, 0.15) is 34.4 Å². The van der Waals surface area contributed by atoms with Crippen molar-refractivity contribution in [3.05, 3.63) is 94.0 Å². The van der Waals surface area contributed by atoms with Crippen LogP contribution in [0.5, 0.6) is 5.75 Å². The van der Waals surface area contributed by atoms with Crippen molar-refractivity contribution in [1.29, 1.82) is 0 Å². The van der Waals surface area contributed by atoms with Crippen molar-refractivity contribution < 1.29 is 39.2 Å². The topological polar surface area (TPSA) is 187 Å². The fourth-order valence-electron chi connectivity index (χ4n) is 7.02. The molecule has 6 rings (SSSR count). The predicted molar refractivity (Wildman–Crippen MR) is 159 cm³/mol. The van der Waals surface area contributed by atoms with Crippen molar-refractivity contribution in [1.82, 2.24) is 10.2 Å². The number of rotatable bonds is 7. The van der Waals surface area contributed by atoms with Gasteiger partial charge in [-0.3, -0.25) is 19.3 Å². The normalized spacial score (nSPS) is 24.8. The number of nitrogens with one attached hydrogen (secondary N) is 1. The van der Waals surface area contributed by atoms with E-state index in [0.717, 1.165) is 5.56 Å². The molecule has 0 bridgehead atoms. The van der Waals surface area contributed by atoms with E-state index < -0.39 is 58.0 Å². The van der Waals surface area contributed by atoms with Gasteiger partial charge in [-0.15, -0.1) is 0 Å². The molecule has 11 nitrogen and oxygen atoms in total. The van der Waals surface area contributed by atoms with E-state index in [9.17, 15) is 34.8 Å². The third kappa shape index (κ3) is 4.43. The Morgan fingerprint density at radius 3 is 2.45 bits per heavy atom. The van der Waals surface area contributed by atoms with Gasteiger partial charge in [0.05, 0.1) is 18.2 Å². The first-order valence-corrected chi connectivity index (χ1v) is 14.3. The average Bonchev–Trinajstić information content (AvgIpc) is 3.44. The Labute approximate surface area is 252 Å². The van der Waals surface area contributed by atoms with E-state index in [1.165, 1.54) is 11.0 Å². The summed E-state index contributed by atoms with van der Waals surface area (Å²) in [6.45, 7) is 1.12. The predicted octanol–water partition coefficient (Wildman–Crippen LogP) is 2.51. The fraction of sp³-hybridized carbons (Fsp3) is 0.303. The van der Waals surface area contributed by atoms with E-state index in [-0.39, 0.29) is 29.7 Å². The van der Waals surface area contributed by atoms with Crippen LogP contribution in [0.3, 0.4) is 0 Å². The SMILES string of the molecule is CN(C)C1C(=O)C(C(N)=O)=C(O)[C@]2(O)C(=O)C3=C(O)c4c(O)ccc(-c5ccc(CNCc6ccccc6)o5)c4C[C@H]3C[C@H]12. The van der Waals surface area contributed by atoms with Gasteiger partial charge in [0, 0.05) is 23.6 Å². The minimum absolute atomic E-state index is 0.00761. The van der Waals surface area contributed by atoms with Gasteiger partial charge in [0.25, 0.3) is 5.91 Å². The molecule has 2 aromatic carbocycles. The van der Waals surface area contributed by atoms with Crippen LogP contribution in [-0.2, 0) is 33.9 Å². The van der Waals surface area contributed by atoms with Gasteiger partial charge < -0.3 is 35.9 Å². The van der Waals surface area contributed by atoms with Gasteiger partial charge in [0.15, 0.2) is 11.4 Å². The van der Waals surface area contributed by atoms with Crippen molar-refractivity contribution in [3.8, 4) is 17.1 Å². The molecule has 0 saturated heterocycles. The minimum atomic E-state index is -2.68. The van der Waals surface area contributed by atoms with E-state index >= 15 is 0 Å². The maximum atomic E-state index is 14.0. The van der Waals surface area contributed by atoms with Crippen LogP contribution in [0.2, 0.25) is 0 Å². The van der Waals surface area contributed by atoms with Crippen LogP contribution in [0.1, 0.15) is 28.9 Å². The molecule has 44 heavy (non-hydrogen) atoms. The van der Waals surface area contributed by atoms with Crippen LogP contribution >= 0.6 is 0 Å². The van der Waals surface area contributed by atoms with Gasteiger partial charge in [-0.1, -0.05) is 30.3 Å². The molecule has 7 N–H and O–H groups in total. The van der Waals surface area contributed by atoms with Gasteiger partial charge in [-0.25, -0.2) is 0 Å². The molecule has 1 aromatic heterocycles. The molecule has 1 amide bonds. The highest BCUT2D eigenvalue weighted by Crippen LogP contribution is 2.53. The summed E-state index contributed by atoms with van der Waals surface area (Å²) < 4.78 is 6.14. The number of aliphatic hydroxyl groups excluding tert-OH is 2. The number of ketones is 2. The van der Waals surface area contributed by atoms with E-state index in [0.29, 0.717) is 35.7 Å². The highest BCUT2D eigenvalue weighted by molar-refractivity contribution is 6.24. The number of phenolic OH excluding ortho intramolecular Hbond substituents is 1. The fourth-order valence-corrected chi connectivity index (χ4v) is 7.02. The summed E-state index contributed by atoms with van der Waals surface area (Å²) in [6, 6.07) is 15.5. The first-order chi connectivity index (χ1) is 20.9. The molecule has 3 aliphatic rings. The molecule has 1 unspecified atom stereocenters. The molecule has 228 valence electrons. The number of benzene rings is 2. The zero-order chi connectivity index (χ0) is 31.5. The quantitative estimate of drug-likeness (QED) is 0.220. The lowest BCUT2D eigenvalue weighted by molar-refractivity contribution is -0.153. The number of carbonyl (C=O) groups excluding carboxylic acids is 3. The first-order valence-electron chi connectivity index (χ1n) is 14.3. The standard InChI is InChI=1S/C33H33N3O8/c1-36(2)27-21-13-17-12-20-19(23-11-8-18(44-23)15-35-14-16-6-4-3-5-7-16)9-10-22(37)25(20)28(38)24(17)30(40)33(21,43)31(41)26(29(27)39)32(34)42/h3-11,17,21,27,35,37-38,41,43H,12-15H2,1-2H3,(H2,34,42)/t17-,21+,27?,33+/m0/s1. The number of aromatic hydroxyl groups is 1. The monoisotopic (exact) mass is 599 g/mol. The lowest BCUT2D eigenvalue weighted by Crippen LogP contribution is -2.65.